The molecule has 4 aliphatic carbocycles. The quantitative estimate of drug-likeness (QED) is 0.737. The van der Waals surface area contributed by atoms with Crippen molar-refractivity contribution in [3.63, 3.8) is 0 Å². The normalized spacial score (nSPS) is 54.6. The zero-order valence-corrected chi connectivity index (χ0v) is 16.1. The van der Waals surface area contributed by atoms with Gasteiger partial charge in [0, 0.05) is 17.8 Å². The molecule has 4 aliphatic rings. The monoisotopic (exact) mass is 348 g/mol. The zero-order chi connectivity index (χ0) is 18.3. The van der Waals surface area contributed by atoms with Crippen LogP contribution < -0.4 is 0 Å². The summed E-state index contributed by atoms with van der Waals surface area (Å²) in [5.74, 6) is 0.413. The van der Waals surface area contributed by atoms with Crippen LogP contribution in [0.3, 0.4) is 0 Å². The number of hydrogen-bond acceptors (Lipinski definition) is 4. The lowest BCUT2D eigenvalue weighted by Gasteiger charge is -2.67. The summed E-state index contributed by atoms with van der Waals surface area (Å²) in [7, 11) is 1.46. The maximum Gasteiger partial charge on any atom is 0.311 e. The van der Waals surface area contributed by atoms with Gasteiger partial charge in [-0.05, 0) is 62.2 Å². The summed E-state index contributed by atoms with van der Waals surface area (Å²) in [6.07, 6.45) is 6.55. The summed E-state index contributed by atoms with van der Waals surface area (Å²) >= 11 is 0. The van der Waals surface area contributed by atoms with Crippen molar-refractivity contribution in [3.8, 4) is 0 Å². The van der Waals surface area contributed by atoms with E-state index in [1.165, 1.54) is 7.11 Å². The van der Waals surface area contributed by atoms with E-state index in [-0.39, 0.29) is 34.1 Å². The summed E-state index contributed by atoms with van der Waals surface area (Å²) in [6.45, 7) is 6.46. The van der Waals surface area contributed by atoms with E-state index in [0.29, 0.717) is 18.6 Å². The van der Waals surface area contributed by atoms with E-state index >= 15 is 0 Å². The highest BCUT2D eigenvalue weighted by atomic mass is 16.5. The Bertz CT molecular complexity index is 629. The third-order valence-corrected chi connectivity index (χ3v) is 9.18. The van der Waals surface area contributed by atoms with Crippen molar-refractivity contribution in [1.82, 2.24) is 0 Å². The van der Waals surface area contributed by atoms with Crippen LogP contribution in [0.1, 0.15) is 72.1 Å². The molecule has 0 aromatic heterocycles. The summed E-state index contributed by atoms with van der Waals surface area (Å²) < 4.78 is 5.18. The van der Waals surface area contributed by atoms with Crippen LogP contribution in [0.25, 0.3) is 0 Å². The van der Waals surface area contributed by atoms with Crippen LogP contribution in [0, 0.1) is 33.5 Å². The van der Waals surface area contributed by atoms with E-state index in [2.05, 4.69) is 13.8 Å². The number of carbonyl (C=O) groups excluding carboxylic acids is 2. The first-order valence-electron chi connectivity index (χ1n) is 9.93. The molecule has 4 saturated carbocycles. The Labute approximate surface area is 150 Å². The van der Waals surface area contributed by atoms with Gasteiger partial charge in [0.2, 0.25) is 0 Å². The molecule has 2 bridgehead atoms. The molecule has 0 radical (unpaired) electrons. The highest BCUT2D eigenvalue weighted by Crippen LogP contribution is 2.75. The topological polar surface area (TPSA) is 63.6 Å². The SMILES string of the molecule is COC(=O)[C@]1(C)CCC[C@@]2(C)[C@H]1[C@H](O)C[C@H]1CC(=O)[C@]3(C)CC[C@]12C3. The van der Waals surface area contributed by atoms with Gasteiger partial charge in [0.05, 0.1) is 18.6 Å². The molecule has 1 spiro atoms. The number of ether oxygens (including phenoxy) is 1. The lowest BCUT2D eigenvalue weighted by atomic mass is 9.37. The van der Waals surface area contributed by atoms with Crippen LogP contribution in [0.2, 0.25) is 0 Å². The van der Waals surface area contributed by atoms with E-state index in [0.717, 1.165) is 38.5 Å². The number of methoxy groups -OCH3 is 1. The average molecular weight is 348 g/mol. The molecule has 4 fully saturated rings. The maximum atomic E-state index is 12.7. The Balaban J connectivity index is 1.84. The molecule has 25 heavy (non-hydrogen) atoms. The van der Waals surface area contributed by atoms with Crippen molar-refractivity contribution in [1.29, 1.82) is 0 Å². The van der Waals surface area contributed by atoms with Crippen LogP contribution in [-0.4, -0.2) is 30.1 Å². The molecule has 0 aliphatic heterocycles. The predicted octanol–water partition coefficient (Wildman–Crippen LogP) is 3.50. The van der Waals surface area contributed by atoms with Crippen LogP contribution in [0.15, 0.2) is 0 Å². The van der Waals surface area contributed by atoms with Crippen LogP contribution >= 0.6 is 0 Å². The first-order valence-corrected chi connectivity index (χ1v) is 9.93. The second kappa shape index (κ2) is 5.09. The lowest BCUT2D eigenvalue weighted by Crippen LogP contribution is -2.65. The fraction of sp³-hybridized carbons (Fsp3) is 0.905. The van der Waals surface area contributed by atoms with Crippen LogP contribution in [0.5, 0.6) is 0 Å². The van der Waals surface area contributed by atoms with Gasteiger partial charge in [-0.3, -0.25) is 9.59 Å². The standard InChI is InChI=1S/C21H32O4/c1-18-8-9-21(12-18)13(11-15(18)23)10-14(22)16-19(2,17(24)25-4)6-5-7-20(16,21)3/h13-14,16,22H,5-12H2,1-4H3/t13-,14+,16-,18+,19+,20-,21-/m0/s1. The second-order valence-electron chi connectivity index (χ2n) is 10.2. The number of aliphatic hydroxyl groups excluding tert-OH is 1. The molecule has 4 heteroatoms. The average Bonchev–Trinajstić information content (AvgIpc) is 2.88. The highest BCUT2D eigenvalue weighted by molar-refractivity contribution is 5.86. The first-order chi connectivity index (χ1) is 11.6. The van der Waals surface area contributed by atoms with Crippen molar-refractivity contribution in [2.45, 2.75) is 78.2 Å². The summed E-state index contributed by atoms with van der Waals surface area (Å²) in [5.41, 5.74) is -0.822. The Hall–Kier alpha value is -0.900. The van der Waals surface area contributed by atoms with Gasteiger partial charge in [-0.15, -0.1) is 0 Å². The minimum atomic E-state index is -0.624. The molecule has 140 valence electrons. The van der Waals surface area contributed by atoms with Gasteiger partial charge >= 0.3 is 5.97 Å². The number of aliphatic hydroxyl groups is 1. The Kier molecular flexibility index (Phi) is 3.56. The van der Waals surface area contributed by atoms with E-state index < -0.39 is 11.5 Å². The molecule has 4 rings (SSSR count). The van der Waals surface area contributed by atoms with Gasteiger partial charge in [0.1, 0.15) is 5.78 Å². The smallest absolute Gasteiger partial charge is 0.311 e. The Morgan fingerprint density at radius 2 is 1.88 bits per heavy atom. The van der Waals surface area contributed by atoms with Gasteiger partial charge in [-0.2, -0.15) is 0 Å². The van der Waals surface area contributed by atoms with Crippen molar-refractivity contribution in [2.24, 2.45) is 33.5 Å². The molecular formula is C21H32O4. The predicted molar refractivity (Wildman–Crippen MR) is 93.7 cm³/mol. The number of carbonyl (C=O) groups is 2. The van der Waals surface area contributed by atoms with Gasteiger partial charge < -0.3 is 9.84 Å². The zero-order valence-electron chi connectivity index (χ0n) is 16.1. The number of hydrogen-bond donors (Lipinski definition) is 1. The summed E-state index contributed by atoms with van der Waals surface area (Å²) in [4.78, 5) is 25.4. The molecule has 0 saturated heterocycles. The minimum Gasteiger partial charge on any atom is -0.469 e. The van der Waals surface area contributed by atoms with Crippen molar-refractivity contribution in [2.75, 3.05) is 7.11 Å². The molecule has 1 N–H and O–H groups in total. The van der Waals surface area contributed by atoms with Crippen molar-refractivity contribution in [3.05, 3.63) is 0 Å². The second-order valence-corrected chi connectivity index (χ2v) is 10.2. The number of rotatable bonds is 1. The number of Topliss-reactive ketones (excluding diaryl/α,β-unsaturated/α-hetero) is 1. The largest absolute Gasteiger partial charge is 0.469 e. The summed E-state index contributed by atoms with van der Waals surface area (Å²) in [5, 5.41) is 11.1. The van der Waals surface area contributed by atoms with Gasteiger partial charge in [0.15, 0.2) is 0 Å². The van der Waals surface area contributed by atoms with E-state index in [4.69, 9.17) is 4.74 Å². The van der Waals surface area contributed by atoms with E-state index in [1.54, 1.807) is 0 Å². The number of fused-ring (bicyclic) bond motifs is 2. The third kappa shape index (κ3) is 1.92. The molecule has 0 aromatic carbocycles. The van der Waals surface area contributed by atoms with Crippen molar-refractivity contribution >= 4 is 11.8 Å². The first kappa shape index (κ1) is 17.5. The molecule has 0 unspecified atom stereocenters. The third-order valence-electron chi connectivity index (χ3n) is 9.18. The van der Waals surface area contributed by atoms with Gasteiger partial charge in [-0.1, -0.05) is 20.3 Å². The van der Waals surface area contributed by atoms with Gasteiger partial charge in [0.25, 0.3) is 0 Å². The van der Waals surface area contributed by atoms with Crippen molar-refractivity contribution < 1.29 is 19.4 Å². The lowest BCUT2D eigenvalue weighted by molar-refractivity contribution is -0.225. The molecule has 7 atom stereocenters. The van der Waals surface area contributed by atoms with Gasteiger partial charge in [-0.25, -0.2) is 0 Å². The highest BCUT2D eigenvalue weighted by Gasteiger charge is 2.72. The minimum absolute atomic E-state index is 0.0759. The molecular weight excluding hydrogens is 316 g/mol. The molecule has 4 nitrogen and oxygen atoms in total. The van der Waals surface area contributed by atoms with Crippen LogP contribution in [-0.2, 0) is 14.3 Å². The Morgan fingerprint density at radius 3 is 2.56 bits per heavy atom. The Morgan fingerprint density at radius 1 is 1.16 bits per heavy atom. The number of ketones is 1. The fourth-order valence-corrected chi connectivity index (χ4v) is 8.02. The molecule has 0 amide bonds. The van der Waals surface area contributed by atoms with E-state index in [1.807, 2.05) is 6.92 Å². The summed E-state index contributed by atoms with van der Waals surface area (Å²) in [6, 6.07) is 0. The number of esters is 1. The fourth-order valence-electron chi connectivity index (χ4n) is 8.02. The maximum absolute atomic E-state index is 12.7. The molecule has 0 aromatic rings. The van der Waals surface area contributed by atoms with E-state index in [9.17, 15) is 14.7 Å². The molecule has 0 heterocycles. The van der Waals surface area contributed by atoms with Crippen LogP contribution in [0.4, 0.5) is 0 Å².